The normalized spacial score (nSPS) is 11.3. The Hall–Kier alpha value is -3.08. The predicted molar refractivity (Wildman–Crippen MR) is 93.3 cm³/mol. The molecule has 0 saturated carbocycles. The van der Waals surface area contributed by atoms with Gasteiger partial charge in [-0.15, -0.1) is 0 Å². The number of benzene rings is 4. The maximum absolute atomic E-state index is 14.7. The van der Waals surface area contributed by atoms with Gasteiger partial charge in [0, 0.05) is 16.3 Å². The SMILES string of the molecule is COc1ccc2c(F)c(F)c(F)c(F)c2c1-c1cccc2ccccc12. The van der Waals surface area contributed by atoms with Crippen LogP contribution in [-0.4, -0.2) is 7.11 Å². The first-order valence-electron chi connectivity index (χ1n) is 7.85. The lowest BCUT2D eigenvalue weighted by Crippen LogP contribution is -2.01. The molecule has 26 heavy (non-hydrogen) atoms. The minimum absolute atomic E-state index is 0.178. The maximum Gasteiger partial charge on any atom is 0.198 e. The van der Waals surface area contributed by atoms with Gasteiger partial charge in [0.2, 0.25) is 0 Å². The van der Waals surface area contributed by atoms with E-state index in [1.807, 2.05) is 24.3 Å². The lowest BCUT2D eigenvalue weighted by atomic mass is 9.92. The van der Waals surface area contributed by atoms with Crippen LogP contribution in [0.4, 0.5) is 17.6 Å². The summed E-state index contributed by atoms with van der Waals surface area (Å²) < 4.78 is 61.8. The predicted octanol–water partition coefficient (Wildman–Crippen LogP) is 6.23. The fourth-order valence-electron chi connectivity index (χ4n) is 3.30. The number of hydrogen-bond donors (Lipinski definition) is 0. The van der Waals surface area contributed by atoms with Gasteiger partial charge in [0.05, 0.1) is 7.11 Å². The van der Waals surface area contributed by atoms with E-state index in [0.29, 0.717) is 5.56 Å². The molecule has 0 fully saturated rings. The summed E-state index contributed by atoms with van der Waals surface area (Å²) in [6, 6.07) is 15.3. The van der Waals surface area contributed by atoms with Crippen molar-refractivity contribution in [3.05, 3.63) is 77.9 Å². The zero-order valence-corrected chi connectivity index (χ0v) is 13.6. The Morgan fingerprint density at radius 1 is 0.654 bits per heavy atom. The second kappa shape index (κ2) is 6.02. The molecule has 0 aliphatic carbocycles. The van der Waals surface area contributed by atoms with Crippen molar-refractivity contribution in [3.63, 3.8) is 0 Å². The van der Waals surface area contributed by atoms with Crippen LogP contribution in [0.1, 0.15) is 0 Å². The summed E-state index contributed by atoms with van der Waals surface area (Å²) in [6.45, 7) is 0. The van der Waals surface area contributed by atoms with Gasteiger partial charge in [-0.3, -0.25) is 0 Å². The van der Waals surface area contributed by atoms with Crippen molar-refractivity contribution >= 4 is 21.5 Å². The van der Waals surface area contributed by atoms with Gasteiger partial charge in [0.25, 0.3) is 0 Å². The summed E-state index contributed by atoms with van der Waals surface area (Å²) in [5.74, 6) is -6.31. The van der Waals surface area contributed by atoms with Crippen LogP contribution in [0.3, 0.4) is 0 Å². The van der Waals surface area contributed by atoms with Crippen LogP contribution in [-0.2, 0) is 0 Å². The average Bonchev–Trinajstić information content (AvgIpc) is 2.69. The molecule has 4 aromatic rings. The Labute approximate surface area is 146 Å². The zero-order valence-electron chi connectivity index (χ0n) is 13.6. The van der Waals surface area contributed by atoms with Crippen LogP contribution >= 0.6 is 0 Å². The molecule has 0 heterocycles. The van der Waals surface area contributed by atoms with Gasteiger partial charge in [-0.1, -0.05) is 42.5 Å². The Morgan fingerprint density at radius 3 is 2.12 bits per heavy atom. The standard InChI is InChI=1S/C21H12F4O/c1-26-15-10-9-14-17(19(23)21(25)20(24)18(14)22)16(15)13-8-4-6-11-5-2-3-7-12(11)13/h2-10H,1H3. The Balaban J connectivity index is 2.25. The van der Waals surface area contributed by atoms with E-state index in [-0.39, 0.29) is 22.1 Å². The van der Waals surface area contributed by atoms with E-state index < -0.39 is 23.3 Å². The van der Waals surface area contributed by atoms with Crippen LogP contribution in [0.5, 0.6) is 5.75 Å². The summed E-state index contributed by atoms with van der Waals surface area (Å²) in [7, 11) is 1.38. The minimum atomic E-state index is -1.84. The third-order valence-electron chi connectivity index (χ3n) is 4.48. The Kier molecular flexibility index (Phi) is 3.80. The fraction of sp³-hybridized carbons (Fsp3) is 0.0476. The molecule has 130 valence electrons. The van der Waals surface area contributed by atoms with Crippen molar-refractivity contribution < 1.29 is 22.3 Å². The monoisotopic (exact) mass is 356 g/mol. The largest absolute Gasteiger partial charge is 0.496 e. The number of rotatable bonds is 2. The quantitative estimate of drug-likeness (QED) is 0.235. The van der Waals surface area contributed by atoms with Gasteiger partial charge in [0.1, 0.15) is 5.75 Å². The molecule has 0 aliphatic rings. The van der Waals surface area contributed by atoms with Crippen molar-refractivity contribution in [2.24, 2.45) is 0 Å². The summed E-state index contributed by atoms with van der Waals surface area (Å²) in [5, 5.41) is 0.931. The van der Waals surface area contributed by atoms with Crippen LogP contribution < -0.4 is 4.74 Å². The van der Waals surface area contributed by atoms with Crippen LogP contribution in [0.25, 0.3) is 32.7 Å². The van der Waals surface area contributed by atoms with E-state index >= 15 is 0 Å². The third kappa shape index (κ3) is 2.24. The highest BCUT2D eigenvalue weighted by Gasteiger charge is 2.25. The molecule has 0 saturated heterocycles. The summed E-state index contributed by atoms with van der Waals surface area (Å²) in [4.78, 5) is 0. The first-order valence-corrected chi connectivity index (χ1v) is 7.85. The Bertz CT molecular complexity index is 1160. The van der Waals surface area contributed by atoms with Crippen molar-refractivity contribution in [2.45, 2.75) is 0 Å². The number of halogens is 4. The molecule has 0 aromatic heterocycles. The highest BCUT2D eigenvalue weighted by molar-refractivity contribution is 6.08. The first-order chi connectivity index (χ1) is 12.5. The van der Waals surface area contributed by atoms with Crippen LogP contribution in [0.15, 0.2) is 54.6 Å². The van der Waals surface area contributed by atoms with E-state index in [2.05, 4.69) is 0 Å². The molecule has 0 atom stereocenters. The van der Waals surface area contributed by atoms with E-state index in [1.54, 1.807) is 18.2 Å². The van der Waals surface area contributed by atoms with Gasteiger partial charge in [-0.2, -0.15) is 0 Å². The first kappa shape index (κ1) is 16.4. The topological polar surface area (TPSA) is 9.23 Å². The molecule has 4 rings (SSSR count). The lowest BCUT2D eigenvalue weighted by molar-refractivity contribution is 0.412. The van der Waals surface area contributed by atoms with E-state index in [0.717, 1.165) is 10.8 Å². The minimum Gasteiger partial charge on any atom is -0.496 e. The van der Waals surface area contributed by atoms with Crippen LogP contribution in [0.2, 0.25) is 0 Å². The molecular formula is C21H12F4O. The summed E-state index contributed by atoms with van der Waals surface area (Å²) in [5.41, 5.74) is 0.715. The van der Waals surface area contributed by atoms with Gasteiger partial charge < -0.3 is 4.74 Å². The fourth-order valence-corrected chi connectivity index (χ4v) is 3.30. The highest BCUT2D eigenvalue weighted by atomic mass is 19.2. The zero-order chi connectivity index (χ0) is 18.4. The van der Waals surface area contributed by atoms with Crippen molar-refractivity contribution in [1.29, 1.82) is 0 Å². The molecule has 0 amide bonds. The van der Waals surface area contributed by atoms with Gasteiger partial charge >= 0.3 is 0 Å². The van der Waals surface area contributed by atoms with Crippen molar-refractivity contribution in [1.82, 2.24) is 0 Å². The summed E-state index contributed by atoms with van der Waals surface area (Å²) in [6.07, 6.45) is 0. The van der Waals surface area contributed by atoms with Gasteiger partial charge in [-0.25, -0.2) is 17.6 Å². The molecular weight excluding hydrogens is 344 g/mol. The number of fused-ring (bicyclic) bond motifs is 2. The number of hydrogen-bond acceptors (Lipinski definition) is 1. The molecule has 1 nitrogen and oxygen atoms in total. The number of ether oxygens (including phenoxy) is 1. The van der Waals surface area contributed by atoms with Crippen LogP contribution in [0, 0.1) is 23.3 Å². The molecule has 0 aliphatic heterocycles. The molecule has 0 spiro atoms. The smallest absolute Gasteiger partial charge is 0.198 e. The molecule has 0 unspecified atom stereocenters. The van der Waals surface area contributed by atoms with E-state index in [9.17, 15) is 17.6 Å². The maximum atomic E-state index is 14.7. The number of methoxy groups -OCH3 is 1. The molecule has 4 aromatic carbocycles. The summed E-state index contributed by atoms with van der Waals surface area (Å²) >= 11 is 0. The lowest BCUT2D eigenvalue weighted by Gasteiger charge is -2.16. The van der Waals surface area contributed by atoms with E-state index in [4.69, 9.17) is 4.74 Å². The Morgan fingerprint density at radius 2 is 1.35 bits per heavy atom. The van der Waals surface area contributed by atoms with Gasteiger partial charge in [0.15, 0.2) is 23.3 Å². The van der Waals surface area contributed by atoms with E-state index in [1.165, 1.54) is 19.2 Å². The van der Waals surface area contributed by atoms with Gasteiger partial charge in [-0.05, 0) is 28.5 Å². The second-order valence-electron chi connectivity index (χ2n) is 5.85. The molecule has 0 radical (unpaired) electrons. The third-order valence-corrected chi connectivity index (χ3v) is 4.48. The molecule has 0 N–H and O–H groups in total. The average molecular weight is 356 g/mol. The highest BCUT2D eigenvalue weighted by Crippen LogP contribution is 2.43. The molecule has 0 bridgehead atoms. The second-order valence-corrected chi connectivity index (χ2v) is 5.85. The van der Waals surface area contributed by atoms with Crippen molar-refractivity contribution in [3.8, 4) is 16.9 Å². The van der Waals surface area contributed by atoms with Crippen molar-refractivity contribution in [2.75, 3.05) is 7.11 Å². The molecule has 5 heteroatoms.